The molecule has 2 aromatic rings. The van der Waals surface area contributed by atoms with Crippen molar-refractivity contribution < 1.29 is 33.0 Å². The maximum absolute atomic E-state index is 12.1. The number of amides is 1. The Morgan fingerprint density at radius 3 is 2.44 bits per heavy atom. The van der Waals surface area contributed by atoms with E-state index >= 15 is 0 Å². The maximum Gasteiger partial charge on any atom is 0.387 e. The fourth-order valence-electron chi connectivity index (χ4n) is 1.99. The normalized spacial score (nSPS) is 12.0. The highest BCUT2D eigenvalue weighted by atomic mass is 32.1. The molecule has 1 heterocycles. The molecule has 0 saturated heterocycles. The van der Waals surface area contributed by atoms with Crippen LogP contribution in [0.15, 0.2) is 36.4 Å². The molecule has 134 valence electrons. The van der Waals surface area contributed by atoms with Crippen LogP contribution >= 0.6 is 11.3 Å². The molecule has 25 heavy (non-hydrogen) atoms. The zero-order valence-corrected chi connectivity index (χ0v) is 13.9. The molecule has 0 aliphatic heterocycles. The Kier molecular flexibility index (Phi) is 6.43. The number of aliphatic carboxylic acids is 1. The van der Waals surface area contributed by atoms with Gasteiger partial charge < -0.3 is 19.9 Å². The van der Waals surface area contributed by atoms with E-state index in [0.29, 0.717) is 4.88 Å². The molecule has 0 aliphatic rings. The summed E-state index contributed by atoms with van der Waals surface area (Å²) in [4.78, 5) is 24.2. The van der Waals surface area contributed by atoms with Gasteiger partial charge in [-0.1, -0.05) is 0 Å². The van der Waals surface area contributed by atoms with E-state index in [0.717, 1.165) is 21.8 Å². The molecule has 1 amide bonds. The van der Waals surface area contributed by atoms with Gasteiger partial charge in [0, 0.05) is 12.0 Å². The second-order valence-electron chi connectivity index (χ2n) is 4.89. The lowest BCUT2D eigenvalue weighted by Gasteiger charge is -2.12. The zero-order chi connectivity index (χ0) is 18.4. The molecule has 0 fully saturated rings. The molecule has 1 atom stereocenters. The van der Waals surface area contributed by atoms with Gasteiger partial charge in [0.1, 0.15) is 5.75 Å². The molecule has 0 bridgehead atoms. The molecule has 0 saturated carbocycles. The van der Waals surface area contributed by atoms with Crippen LogP contribution in [-0.4, -0.2) is 43.4 Å². The maximum atomic E-state index is 12.1. The van der Waals surface area contributed by atoms with Crippen LogP contribution in [0, 0.1) is 0 Å². The van der Waals surface area contributed by atoms with E-state index in [2.05, 4.69) is 10.1 Å². The summed E-state index contributed by atoms with van der Waals surface area (Å²) in [6.45, 7) is -3.04. The van der Waals surface area contributed by atoms with E-state index in [1.807, 2.05) is 0 Å². The Labute approximate surface area is 146 Å². The Morgan fingerprint density at radius 1 is 1.20 bits per heavy atom. The predicted molar refractivity (Wildman–Crippen MR) is 87.2 cm³/mol. The van der Waals surface area contributed by atoms with Crippen LogP contribution in [0.25, 0.3) is 10.4 Å². The van der Waals surface area contributed by atoms with E-state index in [4.69, 9.17) is 9.84 Å². The lowest BCUT2D eigenvalue weighted by molar-refractivity contribution is -0.140. The summed E-state index contributed by atoms with van der Waals surface area (Å²) in [6, 6.07) is 8.10. The average molecular weight is 371 g/mol. The first-order valence-electron chi connectivity index (χ1n) is 7.08. The van der Waals surface area contributed by atoms with Crippen molar-refractivity contribution in [3.8, 4) is 16.2 Å². The molecule has 6 nitrogen and oxygen atoms in total. The van der Waals surface area contributed by atoms with Gasteiger partial charge in [0.2, 0.25) is 0 Å². The fraction of sp³-hybridized carbons (Fsp3) is 0.250. The quantitative estimate of drug-likeness (QED) is 0.745. The van der Waals surface area contributed by atoms with Crippen molar-refractivity contribution in [1.82, 2.24) is 5.32 Å². The van der Waals surface area contributed by atoms with Crippen LogP contribution in [0.5, 0.6) is 5.75 Å². The molecule has 2 N–H and O–H groups in total. The molecule has 9 heteroatoms. The number of carboxylic acids is 1. The Hall–Kier alpha value is -2.52. The summed E-state index contributed by atoms with van der Waals surface area (Å²) in [6.07, 6.45) is 0. The van der Waals surface area contributed by atoms with Crippen molar-refractivity contribution >= 4 is 23.2 Å². The first-order chi connectivity index (χ1) is 11.9. The van der Waals surface area contributed by atoms with Crippen LogP contribution in [0.2, 0.25) is 0 Å². The van der Waals surface area contributed by atoms with E-state index in [1.54, 1.807) is 24.3 Å². The van der Waals surface area contributed by atoms with Gasteiger partial charge in [-0.25, -0.2) is 4.79 Å². The van der Waals surface area contributed by atoms with Crippen molar-refractivity contribution in [3.05, 3.63) is 41.3 Å². The molecular formula is C16H15F2NO5S. The number of carboxylic acid groups (broad SMARTS) is 1. The van der Waals surface area contributed by atoms with E-state index in [-0.39, 0.29) is 12.4 Å². The van der Waals surface area contributed by atoms with Crippen molar-refractivity contribution in [3.63, 3.8) is 0 Å². The number of rotatable bonds is 8. The summed E-state index contributed by atoms with van der Waals surface area (Å²) in [7, 11) is 1.34. The molecule has 1 aromatic carbocycles. The number of carbonyl (C=O) groups excluding carboxylic acids is 1. The molecule has 1 unspecified atom stereocenters. The molecule has 0 aliphatic carbocycles. The highest BCUT2D eigenvalue weighted by Crippen LogP contribution is 2.29. The number of nitrogens with one attached hydrogen (secondary N) is 1. The fourth-order valence-corrected chi connectivity index (χ4v) is 2.90. The lowest BCUT2D eigenvalue weighted by atomic mass is 10.2. The summed E-state index contributed by atoms with van der Waals surface area (Å²) >= 11 is 1.15. The summed E-state index contributed by atoms with van der Waals surface area (Å²) in [5, 5.41) is 11.4. The number of methoxy groups -OCH3 is 1. The van der Waals surface area contributed by atoms with Gasteiger partial charge >= 0.3 is 12.6 Å². The monoisotopic (exact) mass is 371 g/mol. The topological polar surface area (TPSA) is 84.9 Å². The molecule has 1 aromatic heterocycles. The van der Waals surface area contributed by atoms with Crippen LogP contribution in [0.4, 0.5) is 8.78 Å². The second-order valence-corrected chi connectivity index (χ2v) is 5.97. The van der Waals surface area contributed by atoms with E-state index in [9.17, 15) is 18.4 Å². The van der Waals surface area contributed by atoms with Gasteiger partial charge in [0.05, 0.1) is 11.5 Å². The number of benzene rings is 1. The highest BCUT2D eigenvalue weighted by Gasteiger charge is 2.21. The Bertz CT molecular complexity index is 732. The minimum Gasteiger partial charge on any atom is -0.480 e. The van der Waals surface area contributed by atoms with Gasteiger partial charge in [-0.3, -0.25) is 4.79 Å². The number of ether oxygens (including phenoxy) is 2. The SMILES string of the molecule is COCC(NC(=O)c1ccc(-c2ccc(OC(F)F)cc2)s1)C(=O)O. The van der Waals surface area contributed by atoms with Gasteiger partial charge in [0.25, 0.3) is 5.91 Å². The molecular weight excluding hydrogens is 356 g/mol. The molecule has 0 radical (unpaired) electrons. The number of alkyl halides is 2. The number of halogens is 2. The number of carbonyl (C=O) groups is 2. The third-order valence-corrected chi connectivity index (χ3v) is 4.26. The van der Waals surface area contributed by atoms with Gasteiger partial charge in [-0.15, -0.1) is 11.3 Å². The van der Waals surface area contributed by atoms with Crippen LogP contribution in [-0.2, 0) is 9.53 Å². The highest BCUT2D eigenvalue weighted by molar-refractivity contribution is 7.17. The van der Waals surface area contributed by atoms with Crippen molar-refractivity contribution in [1.29, 1.82) is 0 Å². The second kappa shape index (κ2) is 8.54. The van der Waals surface area contributed by atoms with Gasteiger partial charge in [0.15, 0.2) is 6.04 Å². The largest absolute Gasteiger partial charge is 0.480 e. The lowest BCUT2D eigenvalue weighted by Crippen LogP contribution is -2.43. The summed E-state index contributed by atoms with van der Waals surface area (Å²) in [5.74, 6) is -1.68. The zero-order valence-electron chi connectivity index (χ0n) is 13.1. The van der Waals surface area contributed by atoms with Gasteiger partial charge in [-0.05, 0) is 42.0 Å². The molecule has 0 spiro atoms. The van der Waals surface area contributed by atoms with Gasteiger partial charge in [-0.2, -0.15) is 8.78 Å². The summed E-state index contributed by atoms with van der Waals surface area (Å²) < 4.78 is 33.3. The Morgan fingerprint density at radius 2 is 1.88 bits per heavy atom. The molecule has 2 rings (SSSR count). The number of hydrogen-bond acceptors (Lipinski definition) is 5. The predicted octanol–water partition coefficient (Wildman–Crippen LogP) is 2.85. The van der Waals surface area contributed by atoms with Crippen molar-refractivity contribution in [2.24, 2.45) is 0 Å². The number of thiophene rings is 1. The van der Waals surface area contributed by atoms with Crippen molar-refractivity contribution in [2.75, 3.05) is 13.7 Å². The first-order valence-corrected chi connectivity index (χ1v) is 7.90. The smallest absolute Gasteiger partial charge is 0.387 e. The third-order valence-electron chi connectivity index (χ3n) is 3.13. The number of hydrogen-bond donors (Lipinski definition) is 2. The van der Waals surface area contributed by atoms with E-state index < -0.39 is 24.5 Å². The summed E-state index contributed by atoms with van der Waals surface area (Å²) in [5.41, 5.74) is 0.720. The van der Waals surface area contributed by atoms with Crippen LogP contribution < -0.4 is 10.1 Å². The average Bonchev–Trinajstić information content (AvgIpc) is 3.04. The van der Waals surface area contributed by atoms with Crippen LogP contribution in [0.3, 0.4) is 0 Å². The van der Waals surface area contributed by atoms with Crippen molar-refractivity contribution in [2.45, 2.75) is 12.7 Å². The van der Waals surface area contributed by atoms with E-state index in [1.165, 1.54) is 19.2 Å². The Balaban J connectivity index is 2.08. The standard InChI is InChI=1S/C16H15F2NO5S/c1-23-8-11(15(21)22)19-14(20)13-7-6-12(25-13)9-2-4-10(5-3-9)24-16(17)18/h2-7,11,16H,8H2,1H3,(H,19,20)(H,21,22). The third kappa shape index (κ3) is 5.23. The van der Waals surface area contributed by atoms with Crippen LogP contribution in [0.1, 0.15) is 9.67 Å². The minimum absolute atomic E-state index is 0.0390. The minimum atomic E-state index is -2.89. The first kappa shape index (κ1) is 18.8.